The maximum absolute atomic E-state index is 12.8. The molecule has 3 heterocycles. The molecule has 1 aliphatic heterocycles. The van der Waals surface area contributed by atoms with Crippen LogP contribution in [0.15, 0.2) is 60.0 Å². The number of rotatable bonds is 6. The van der Waals surface area contributed by atoms with E-state index in [1.54, 1.807) is 11.3 Å². The van der Waals surface area contributed by atoms with Gasteiger partial charge in [0.15, 0.2) is 17.4 Å². The molecule has 2 aromatic heterocycles. The van der Waals surface area contributed by atoms with Crippen molar-refractivity contribution in [2.45, 2.75) is 32.2 Å². The molecule has 0 radical (unpaired) electrons. The summed E-state index contributed by atoms with van der Waals surface area (Å²) >= 11 is 1.71. The number of thiophene rings is 1. The van der Waals surface area contributed by atoms with Gasteiger partial charge in [-0.3, -0.25) is 4.79 Å². The van der Waals surface area contributed by atoms with Crippen LogP contribution in [0.1, 0.15) is 34.3 Å². The lowest BCUT2D eigenvalue weighted by Crippen LogP contribution is -2.42. The number of nitrogens with zero attached hydrogens (tertiary/aromatic N) is 4. The second-order valence-corrected chi connectivity index (χ2v) is 10.3. The second kappa shape index (κ2) is 9.65. The number of piperidine rings is 1. The topological polar surface area (TPSA) is 49.3 Å². The summed E-state index contributed by atoms with van der Waals surface area (Å²) in [5.74, 6) is 1.88. The summed E-state index contributed by atoms with van der Waals surface area (Å²) < 4.78 is 1.15. The second-order valence-electron chi connectivity index (χ2n) is 9.36. The van der Waals surface area contributed by atoms with Crippen LogP contribution in [0.3, 0.4) is 0 Å². The van der Waals surface area contributed by atoms with E-state index in [2.05, 4.69) is 41.4 Å². The van der Waals surface area contributed by atoms with Gasteiger partial charge in [0.25, 0.3) is 0 Å². The van der Waals surface area contributed by atoms with Gasteiger partial charge in [0.05, 0.1) is 10.2 Å². The van der Waals surface area contributed by atoms with Crippen molar-refractivity contribution in [2.75, 3.05) is 32.1 Å². The van der Waals surface area contributed by atoms with Crippen molar-refractivity contribution in [3.63, 3.8) is 0 Å². The zero-order valence-electron chi connectivity index (χ0n) is 20.0. The van der Waals surface area contributed by atoms with Gasteiger partial charge in [-0.2, -0.15) is 0 Å². The van der Waals surface area contributed by atoms with Crippen LogP contribution in [0.2, 0.25) is 0 Å². The Labute approximate surface area is 205 Å². The molecule has 5 nitrogen and oxygen atoms in total. The van der Waals surface area contributed by atoms with E-state index in [0.29, 0.717) is 12.5 Å². The first kappa shape index (κ1) is 22.7. The smallest absolute Gasteiger partial charge is 0.167 e. The number of carbonyl (C=O) groups excluding carboxylic acids is 1. The average molecular weight is 471 g/mol. The lowest BCUT2D eigenvalue weighted by Gasteiger charge is -2.36. The highest BCUT2D eigenvalue weighted by atomic mass is 32.1. The summed E-state index contributed by atoms with van der Waals surface area (Å²) in [5, 5.41) is 2.09. The van der Waals surface area contributed by atoms with Crippen LogP contribution >= 0.6 is 11.3 Å². The largest absolute Gasteiger partial charge is 0.355 e. The molecule has 0 saturated carbocycles. The molecule has 6 heteroatoms. The molecule has 1 aliphatic rings. The summed E-state index contributed by atoms with van der Waals surface area (Å²) in [6, 6.07) is 18.6. The Hall–Kier alpha value is -3.09. The molecule has 4 aromatic rings. The Morgan fingerprint density at radius 2 is 1.85 bits per heavy atom. The minimum Gasteiger partial charge on any atom is -0.355 e. The van der Waals surface area contributed by atoms with Crippen molar-refractivity contribution in [2.24, 2.45) is 0 Å². The van der Waals surface area contributed by atoms with Gasteiger partial charge in [-0.25, -0.2) is 9.97 Å². The fraction of sp³-hybridized carbons (Fsp3) is 0.321. The molecule has 0 amide bonds. The van der Waals surface area contributed by atoms with E-state index in [-0.39, 0.29) is 5.78 Å². The van der Waals surface area contributed by atoms with E-state index in [0.717, 1.165) is 70.0 Å². The van der Waals surface area contributed by atoms with Crippen LogP contribution in [0.5, 0.6) is 0 Å². The van der Waals surface area contributed by atoms with Gasteiger partial charge >= 0.3 is 0 Å². The third-order valence-corrected chi connectivity index (χ3v) is 7.57. The van der Waals surface area contributed by atoms with Crippen LogP contribution in [-0.4, -0.2) is 53.9 Å². The third kappa shape index (κ3) is 4.74. The summed E-state index contributed by atoms with van der Waals surface area (Å²) in [7, 11) is 4.33. The van der Waals surface area contributed by atoms with Crippen molar-refractivity contribution >= 4 is 33.2 Å². The number of aromatic nitrogens is 2. The number of aryl methyl sites for hydroxylation is 1. The average Bonchev–Trinajstić information content (AvgIpc) is 3.32. The summed E-state index contributed by atoms with van der Waals surface area (Å²) in [4.78, 5) is 27.5. The van der Waals surface area contributed by atoms with E-state index < -0.39 is 0 Å². The van der Waals surface area contributed by atoms with Crippen molar-refractivity contribution in [3.05, 3.63) is 76.7 Å². The first-order valence-corrected chi connectivity index (χ1v) is 12.7. The Bertz CT molecular complexity index is 1320. The van der Waals surface area contributed by atoms with E-state index in [1.807, 2.05) is 49.4 Å². The van der Waals surface area contributed by atoms with Gasteiger partial charge in [-0.05, 0) is 63.0 Å². The molecule has 34 heavy (non-hydrogen) atoms. The van der Waals surface area contributed by atoms with E-state index >= 15 is 0 Å². The predicted molar refractivity (Wildman–Crippen MR) is 141 cm³/mol. The molecular weight excluding hydrogens is 440 g/mol. The highest BCUT2D eigenvalue weighted by Crippen LogP contribution is 2.33. The van der Waals surface area contributed by atoms with Gasteiger partial charge < -0.3 is 9.80 Å². The van der Waals surface area contributed by atoms with Gasteiger partial charge in [0.1, 0.15) is 0 Å². The summed E-state index contributed by atoms with van der Waals surface area (Å²) in [6.45, 7) is 4.00. The Morgan fingerprint density at radius 3 is 2.62 bits per heavy atom. The number of Topliss-reactive ketones (excluding diaryl/α,β-unsaturated/α-hetero) is 1. The van der Waals surface area contributed by atoms with Gasteiger partial charge in [0.2, 0.25) is 0 Å². The highest BCUT2D eigenvalue weighted by Gasteiger charge is 2.24. The van der Waals surface area contributed by atoms with Crippen molar-refractivity contribution in [3.8, 4) is 11.4 Å². The van der Waals surface area contributed by atoms with Crippen LogP contribution in [-0.2, 0) is 6.42 Å². The van der Waals surface area contributed by atoms with Crippen LogP contribution < -0.4 is 4.90 Å². The molecule has 0 N–H and O–H groups in total. The van der Waals surface area contributed by atoms with E-state index in [9.17, 15) is 4.79 Å². The molecule has 174 valence electrons. The standard InChI is InChI=1S/C28H30N4OS/c1-19-6-4-8-21(16-19)25(33)18-20-7-5-9-22(17-20)27-29-24-12-15-34-26(24)28(30-27)32-13-10-23(11-14-32)31(2)3/h4-9,12,15-17,23H,10-11,13-14,18H2,1-3H3. The van der Waals surface area contributed by atoms with E-state index in [4.69, 9.17) is 9.97 Å². The molecule has 0 aliphatic carbocycles. The molecule has 5 rings (SSSR count). The SMILES string of the molecule is Cc1cccc(C(=O)Cc2cccc(-c3nc(N4CCC(N(C)C)CC4)c4sccc4n3)c2)c1. The van der Waals surface area contributed by atoms with Gasteiger partial charge in [-0.15, -0.1) is 11.3 Å². The lowest BCUT2D eigenvalue weighted by molar-refractivity contribution is 0.0993. The number of hydrogen-bond donors (Lipinski definition) is 0. The van der Waals surface area contributed by atoms with Crippen LogP contribution in [0, 0.1) is 6.92 Å². The molecule has 0 spiro atoms. The Balaban J connectivity index is 1.43. The number of hydrogen-bond acceptors (Lipinski definition) is 6. The van der Waals surface area contributed by atoms with E-state index in [1.165, 1.54) is 0 Å². The Kier molecular flexibility index (Phi) is 6.44. The molecule has 0 bridgehead atoms. The molecule has 2 aromatic carbocycles. The molecule has 0 atom stereocenters. The minimum atomic E-state index is 0.125. The monoisotopic (exact) mass is 470 g/mol. The molecule has 1 fully saturated rings. The number of ketones is 1. The van der Waals surface area contributed by atoms with Crippen molar-refractivity contribution < 1.29 is 4.79 Å². The van der Waals surface area contributed by atoms with Gasteiger partial charge in [-0.1, -0.05) is 42.0 Å². The number of carbonyl (C=O) groups is 1. The summed E-state index contributed by atoms with van der Waals surface area (Å²) in [5.41, 5.74) is 4.77. The van der Waals surface area contributed by atoms with Gasteiger partial charge in [0, 0.05) is 36.7 Å². The number of anilines is 1. The fourth-order valence-electron chi connectivity index (χ4n) is 4.71. The maximum atomic E-state index is 12.8. The first-order valence-electron chi connectivity index (χ1n) is 11.8. The van der Waals surface area contributed by atoms with Crippen molar-refractivity contribution in [1.29, 1.82) is 0 Å². The minimum absolute atomic E-state index is 0.125. The third-order valence-electron chi connectivity index (χ3n) is 6.67. The normalized spacial score (nSPS) is 14.8. The zero-order valence-corrected chi connectivity index (χ0v) is 20.8. The lowest BCUT2D eigenvalue weighted by atomic mass is 10.00. The van der Waals surface area contributed by atoms with Crippen LogP contribution in [0.25, 0.3) is 21.6 Å². The predicted octanol–water partition coefficient (Wildman–Crippen LogP) is 5.62. The van der Waals surface area contributed by atoms with Crippen molar-refractivity contribution in [1.82, 2.24) is 14.9 Å². The number of fused-ring (bicyclic) bond motifs is 1. The zero-order chi connectivity index (χ0) is 23.7. The number of benzene rings is 2. The quantitative estimate of drug-likeness (QED) is 0.342. The fourth-order valence-corrected chi connectivity index (χ4v) is 5.56. The van der Waals surface area contributed by atoms with Crippen LogP contribution in [0.4, 0.5) is 5.82 Å². The molecule has 1 saturated heterocycles. The highest BCUT2D eigenvalue weighted by molar-refractivity contribution is 7.17. The maximum Gasteiger partial charge on any atom is 0.167 e. The summed E-state index contributed by atoms with van der Waals surface area (Å²) in [6.07, 6.45) is 2.63. The first-order chi connectivity index (χ1) is 16.5. The molecule has 0 unspecified atom stereocenters. The molecular formula is C28H30N4OS. The Morgan fingerprint density at radius 1 is 1.06 bits per heavy atom.